The number of amides is 1. The van der Waals surface area contributed by atoms with Crippen molar-refractivity contribution in [2.75, 3.05) is 5.32 Å². The molecular formula is C17H23Cl2N3O2S. The number of hydrogen-bond donors (Lipinski definition) is 2. The van der Waals surface area contributed by atoms with Crippen molar-refractivity contribution in [1.82, 2.24) is 4.98 Å². The van der Waals surface area contributed by atoms with Gasteiger partial charge in [-0.2, -0.15) is 0 Å². The van der Waals surface area contributed by atoms with E-state index in [-0.39, 0.29) is 36.8 Å². The predicted molar refractivity (Wildman–Crippen MR) is 106 cm³/mol. The number of halogens is 2. The van der Waals surface area contributed by atoms with Gasteiger partial charge in [-0.05, 0) is 30.9 Å². The number of carbonyl (C=O) groups is 1. The summed E-state index contributed by atoms with van der Waals surface area (Å²) in [6.45, 7) is 0.428. The summed E-state index contributed by atoms with van der Waals surface area (Å²) in [7, 11) is 0. The third-order valence-electron chi connectivity index (χ3n) is 4.15. The molecule has 8 heteroatoms. The average Bonchev–Trinajstić information content (AvgIpc) is 3.18. The second-order valence-electron chi connectivity index (χ2n) is 5.90. The highest BCUT2D eigenvalue weighted by Crippen LogP contribution is 2.27. The summed E-state index contributed by atoms with van der Waals surface area (Å²) in [5, 5.41) is 4.89. The summed E-state index contributed by atoms with van der Waals surface area (Å²) in [4.78, 5) is 16.3. The van der Waals surface area contributed by atoms with Gasteiger partial charge >= 0.3 is 0 Å². The highest BCUT2D eigenvalue weighted by Gasteiger charge is 2.25. The van der Waals surface area contributed by atoms with Crippen LogP contribution in [-0.4, -0.2) is 16.9 Å². The van der Waals surface area contributed by atoms with Gasteiger partial charge in [-0.25, -0.2) is 4.98 Å². The van der Waals surface area contributed by atoms with Gasteiger partial charge in [-0.15, -0.1) is 36.2 Å². The molecule has 1 saturated carbocycles. The van der Waals surface area contributed by atoms with Gasteiger partial charge in [-0.1, -0.05) is 12.5 Å². The molecule has 1 amide bonds. The Bertz CT molecular complexity index is 655. The van der Waals surface area contributed by atoms with E-state index in [9.17, 15) is 4.79 Å². The standard InChI is InChI=1S/C17H21N3O2S.2ClH/c18-16-6-1-3-12(16)7-17(21)20-13-4-2-5-15(8-13)22-9-14-10-23-11-19-14;;/h2,4-5,8,10-12,16H,1,3,6-7,9,18H2,(H,20,21);2*1H/t12-,16+;;/m0../s1. The summed E-state index contributed by atoms with van der Waals surface area (Å²) >= 11 is 1.54. The molecule has 2 aromatic rings. The van der Waals surface area contributed by atoms with Gasteiger partial charge in [0.15, 0.2) is 0 Å². The van der Waals surface area contributed by atoms with Crippen molar-refractivity contribution in [3.05, 3.63) is 40.8 Å². The molecule has 0 saturated heterocycles. The van der Waals surface area contributed by atoms with Crippen molar-refractivity contribution in [2.24, 2.45) is 11.7 Å². The van der Waals surface area contributed by atoms with E-state index >= 15 is 0 Å². The minimum absolute atomic E-state index is 0. The molecule has 25 heavy (non-hydrogen) atoms. The zero-order valence-corrected chi connectivity index (χ0v) is 16.2. The Morgan fingerprint density at radius 2 is 2.20 bits per heavy atom. The fraction of sp³-hybridized carbons (Fsp3) is 0.412. The number of benzene rings is 1. The Morgan fingerprint density at radius 3 is 2.88 bits per heavy atom. The number of hydrogen-bond acceptors (Lipinski definition) is 5. The maximum Gasteiger partial charge on any atom is 0.224 e. The number of thiazole rings is 1. The Kier molecular flexibility index (Phi) is 9.21. The number of nitrogens with one attached hydrogen (secondary N) is 1. The second-order valence-corrected chi connectivity index (χ2v) is 6.62. The molecule has 3 N–H and O–H groups in total. The van der Waals surface area contributed by atoms with E-state index in [4.69, 9.17) is 10.5 Å². The molecule has 1 aliphatic carbocycles. The largest absolute Gasteiger partial charge is 0.487 e. The first kappa shape index (κ1) is 21.7. The van der Waals surface area contributed by atoms with E-state index < -0.39 is 0 Å². The number of nitrogens with zero attached hydrogens (tertiary/aromatic N) is 1. The first-order chi connectivity index (χ1) is 11.2. The average molecular weight is 404 g/mol. The summed E-state index contributed by atoms with van der Waals surface area (Å²) in [5.41, 5.74) is 9.46. The zero-order valence-electron chi connectivity index (χ0n) is 13.7. The van der Waals surface area contributed by atoms with Crippen LogP contribution in [0.3, 0.4) is 0 Å². The molecule has 1 heterocycles. The van der Waals surface area contributed by atoms with Crippen LogP contribution in [0, 0.1) is 5.92 Å². The Balaban J connectivity index is 0.00000156. The van der Waals surface area contributed by atoms with Crippen LogP contribution in [0.5, 0.6) is 5.75 Å². The number of rotatable bonds is 6. The van der Waals surface area contributed by atoms with Crippen molar-refractivity contribution in [1.29, 1.82) is 0 Å². The van der Waals surface area contributed by atoms with E-state index in [2.05, 4.69) is 10.3 Å². The van der Waals surface area contributed by atoms with Crippen molar-refractivity contribution in [3.8, 4) is 5.75 Å². The number of carbonyl (C=O) groups excluding carboxylic acids is 1. The van der Waals surface area contributed by atoms with Gasteiger partial charge in [0.2, 0.25) is 5.91 Å². The number of nitrogens with two attached hydrogens (primary N) is 1. The number of aromatic nitrogens is 1. The highest BCUT2D eigenvalue weighted by atomic mass is 35.5. The van der Waals surface area contributed by atoms with Crippen molar-refractivity contribution in [3.63, 3.8) is 0 Å². The van der Waals surface area contributed by atoms with Gasteiger partial charge in [0.25, 0.3) is 0 Å². The van der Waals surface area contributed by atoms with Crippen molar-refractivity contribution >= 4 is 47.7 Å². The maximum atomic E-state index is 12.2. The van der Waals surface area contributed by atoms with E-state index in [0.29, 0.717) is 24.7 Å². The van der Waals surface area contributed by atoms with Gasteiger partial charge in [0, 0.05) is 29.6 Å². The molecule has 2 atom stereocenters. The first-order valence-electron chi connectivity index (χ1n) is 7.86. The molecule has 138 valence electrons. The Hall–Kier alpha value is -1.34. The first-order valence-corrected chi connectivity index (χ1v) is 8.80. The summed E-state index contributed by atoms with van der Waals surface area (Å²) in [6.07, 6.45) is 3.69. The van der Waals surface area contributed by atoms with Crippen LogP contribution in [0.4, 0.5) is 5.69 Å². The lowest BCUT2D eigenvalue weighted by molar-refractivity contribution is -0.117. The topological polar surface area (TPSA) is 77.2 Å². The molecule has 0 spiro atoms. The van der Waals surface area contributed by atoms with E-state index in [1.807, 2.05) is 29.6 Å². The third kappa shape index (κ3) is 6.47. The molecule has 1 fully saturated rings. The molecule has 1 aromatic heterocycles. The van der Waals surface area contributed by atoms with Crippen molar-refractivity contribution in [2.45, 2.75) is 38.3 Å². The maximum absolute atomic E-state index is 12.2. The Labute approximate surface area is 164 Å². The molecule has 5 nitrogen and oxygen atoms in total. The summed E-state index contributed by atoms with van der Waals surface area (Å²) in [5.74, 6) is 1.04. The van der Waals surface area contributed by atoms with Crippen LogP contribution in [0.25, 0.3) is 0 Å². The third-order valence-corrected chi connectivity index (χ3v) is 4.79. The quantitative estimate of drug-likeness (QED) is 0.763. The van der Waals surface area contributed by atoms with Gasteiger partial charge in [0.05, 0.1) is 11.2 Å². The van der Waals surface area contributed by atoms with Crippen LogP contribution in [-0.2, 0) is 11.4 Å². The van der Waals surface area contributed by atoms with Crippen LogP contribution in [0.15, 0.2) is 35.2 Å². The van der Waals surface area contributed by atoms with Gasteiger partial charge in [0.1, 0.15) is 12.4 Å². The lowest BCUT2D eigenvalue weighted by atomic mass is 10.00. The molecule has 3 rings (SSSR count). The lowest BCUT2D eigenvalue weighted by Crippen LogP contribution is -2.28. The van der Waals surface area contributed by atoms with Crippen molar-refractivity contribution < 1.29 is 9.53 Å². The fourth-order valence-electron chi connectivity index (χ4n) is 2.90. The molecule has 0 bridgehead atoms. The highest BCUT2D eigenvalue weighted by molar-refractivity contribution is 7.07. The van der Waals surface area contributed by atoms with E-state index in [1.54, 1.807) is 16.8 Å². The summed E-state index contributed by atoms with van der Waals surface area (Å²) < 4.78 is 5.70. The smallest absolute Gasteiger partial charge is 0.224 e. The van der Waals surface area contributed by atoms with E-state index in [1.165, 1.54) is 0 Å². The Morgan fingerprint density at radius 1 is 1.36 bits per heavy atom. The van der Waals surface area contributed by atoms with E-state index in [0.717, 1.165) is 30.6 Å². The molecule has 1 aromatic carbocycles. The van der Waals surface area contributed by atoms with Crippen LogP contribution >= 0.6 is 36.2 Å². The predicted octanol–water partition coefficient (Wildman–Crippen LogP) is 4.02. The number of ether oxygens (including phenoxy) is 1. The zero-order chi connectivity index (χ0) is 16.1. The van der Waals surface area contributed by atoms with Crippen LogP contribution in [0.1, 0.15) is 31.4 Å². The SMILES string of the molecule is Cl.Cl.N[C@@H]1CCC[C@H]1CC(=O)Nc1cccc(OCc2cscn2)c1. The molecule has 0 aliphatic heterocycles. The molecule has 0 radical (unpaired) electrons. The molecular weight excluding hydrogens is 381 g/mol. The fourth-order valence-corrected chi connectivity index (χ4v) is 3.44. The normalized spacial score (nSPS) is 18.8. The second kappa shape index (κ2) is 10.6. The minimum Gasteiger partial charge on any atom is -0.487 e. The molecule has 1 aliphatic rings. The lowest BCUT2D eigenvalue weighted by Gasteiger charge is -2.15. The summed E-state index contributed by atoms with van der Waals surface area (Å²) in [6, 6.07) is 7.59. The van der Waals surface area contributed by atoms with Crippen LogP contribution in [0.2, 0.25) is 0 Å². The van der Waals surface area contributed by atoms with Gasteiger partial charge in [-0.3, -0.25) is 4.79 Å². The molecule has 0 unspecified atom stereocenters. The van der Waals surface area contributed by atoms with Crippen LogP contribution < -0.4 is 15.8 Å². The minimum atomic E-state index is 0. The number of anilines is 1. The monoisotopic (exact) mass is 403 g/mol. The van der Waals surface area contributed by atoms with Gasteiger partial charge < -0.3 is 15.8 Å².